The van der Waals surface area contributed by atoms with Crippen molar-refractivity contribution in [3.63, 3.8) is 0 Å². The van der Waals surface area contributed by atoms with Gasteiger partial charge in [-0.05, 0) is 37.5 Å². The Labute approximate surface area is 113 Å². The molecular formula is C15H21FO3. The van der Waals surface area contributed by atoms with Gasteiger partial charge in [-0.1, -0.05) is 6.92 Å². The summed E-state index contributed by atoms with van der Waals surface area (Å²) in [6.07, 6.45) is 1.25. The van der Waals surface area contributed by atoms with Crippen LogP contribution in [0.5, 0.6) is 11.5 Å². The summed E-state index contributed by atoms with van der Waals surface area (Å²) in [6.45, 7) is 4.86. The molecule has 0 fully saturated rings. The summed E-state index contributed by atoms with van der Waals surface area (Å²) in [4.78, 5) is 10.6. The number of hydrogen-bond acceptors (Lipinski definition) is 3. The van der Waals surface area contributed by atoms with Crippen molar-refractivity contribution in [2.24, 2.45) is 0 Å². The summed E-state index contributed by atoms with van der Waals surface area (Å²) in [5.74, 6) is 0.897. The molecule has 0 amide bonds. The Hall–Kier alpha value is -1.58. The van der Waals surface area contributed by atoms with Crippen LogP contribution < -0.4 is 9.47 Å². The molecule has 1 aromatic rings. The summed E-state index contributed by atoms with van der Waals surface area (Å²) in [5.41, 5.74) is -0.247. The Morgan fingerprint density at radius 1 is 1.32 bits per heavy atom. The third-order valence-corrected chi connectivity index (χ3v) is 3.16. The van der Waals surface area contributed by atoms with Gasteiger partial charge in [-0.3, -0.25) is 0 Å². The predicted molar refractivity (Wildman–Crippen MR) is 72.8 cm³/mol. The second-order valence-electron chi connectivity index (χ2n) is 5.08. The summed E-state index contributed by atoms with van der Waals surface area (Å²) in [6, 6.07) is 3.54. The first kappa shape index (κ1) is 15.5. The molecule has 1 atom stereocenters. The standard InChI is InChI=1S/C15H21FO3/c1-10(6-7-17)11-8-12(15(2,3)16)14(19-5)13(9-11)18-4/h7-10H,6H2,1-5H3. The molecule has 1 aromatic carbocycles. The van der Waals surface area contributed by atoms with Crippen molar-refractivity contribution in [2.75, 3.05) is 14.2 Å². The molecule has 0 aliphatic heterocycles. The zero-order valence-electron chi connectivity index (χ0n) is 12.1. The van der Waals surface area contributed by atoms with Crippen molar-refractivity contribution >= 4 is 6.29 Å². The van der Waals surface area contributed by atoms with Crippen LogP contribution in [0.25, 0.3) is 0 Å². The lowest BCUT2D eigenvalue weighted by molar-refractivity contribution is -0.108. The van der Waals surface area contributed by atoms with E-state index in [1.165, 1.54) is 28.1 Å². The average molecular weight is 268 g/mol. The highest BCUT2D eigenvalue weighted by molar-refractivity contribution is 5.55. The van der Waals surface area contributed by atoms with Crippen LogP contribution in [0.1, 0.15) is 44.2 Å². The average Bonchev–Trinajstić information content (AvgIpc) is 2.36. The van der Waals surface area contributed by atoms with Gasteiger partial charge in [-0.15, -0.1) is 0 Å². The lowest BCUT2D eigenvalue weighted by Crippen LogP contribution is -2.13. The summed E-state index contributed by atoms with van der Waals surface area (Å²) >= 11 is 0. The highest BCUT2D eigenvalue weighted by Crippen LogP contribution is 2.41. The van der Waals surface area contributed by atoms with Crippen molar-refractivity contribution in [1.29, 1.82) is 0 Å². The monoisotopic (exact) mass is 268 g/mol. The fourth-order valence-electron chi connectivity index (χ4n) is 1.99. The second-order valence-corrected chi connectivity index (χ2v) is 5.08. The Kier molecular flexibility index (Phi) is 4.92. The number of carbonyl (C=O) groups excluding carboxylic acids is 1. The number of hydrogen-bond donors (Lipinski definition) is 0. The van der Waals surface area contributed by atoms with Crippen molar-refractivity contribution in [3.05, 3.63) is 23.3 Å². The fraction of sp³-hybridized carbons (Fsp3) is 0.533. The highest BCUT2D eigenvalue weighted by atomic mass is 19.1. The molecule has 106 valence electrons. The van der Waals surface area contributed by atoms with E-state index in [9.17, 15) is 9.18 Å². The number of rotatable bonds is 6. The molecular weight excluding hydrogens is 247 g/mol. The maximum Gasteiger partial charge on any atom is 0.167 e. The van der Waals surface area contributed by atoms with E-state index < -0.39 is 5.67 Å². The van der Waals surface area contributed by atoms with E-state index in [2.05, 4.69) is 0 Å². The van der Waals surface area contributed by atoms with Crippen LogP contribution in [0.3, 0.4) is 0 Å². The van der Waals surface area contributed by atoms with E-state index in [-0.39, 0.29) is 5.92 Å². The van der Waals surface area contributed by atoms with Crippen molar-refractivity contribution < 1.29 is 18.7 Å². The number of ether oxygens (including phenoxy) is 2. The lowest BCUT2D eigenvalue weighted by atomic mass is 9.91. The normalized spacial score (nSPS) is 12.9. The van der Waals surface area contributed by atoms with Gasteiger partial charge in [-0.2, -0.15) is 0 Å². The Morgan fingerprint density at radius 3 is 2.37 bits per heavy atom. The zero-order chi connectivity index (χ0) is 14.6. The number of carbonyl (C=O) groups is 1. The number of halogens is 1. The maximum atomic E-state index is 14.3. The fourth-order valence-corrected chi connectivity index (χ4v) is 1.99. The molecule has 0 N–H and O–H groups in total. The molecule has 0 saturated heterocycles. The number of aldehydes is 1. The van der Waals surface area contributed by atoms with Gasteiger partial charge in [0, 0.05) is 12.0 Å². The Bertz CT molecular complexity index is 449. The second kappa shape index (κ2) is 6.04. The van der Waals surface area contributed by atoms with Crippen molar-refractivity contribution in [2.45, 2.75) is 38.8 Å². The minimum absolute atomic E-state index is 0.0124. The minimum atomic E-state index is -1.55. The first-order valence-electron chi connectivity index (χ1n) is 6.24. The topological polar surface area (TPSA) is 35.5 Å². The lowest BCUT2D eigenvalue weighted by Gasteiger charge is -2.23. The third-order valence-electron chi connectivity index (χ3n) is 3.16. The van der Waals surface area contributed by atoms with E-state index in [4.69, 9.17) is 9.47 Å². The first-order valence-corrected chi connectivity index (χ1v) is 6.24. The van der Waals surface area contributed by atoms with Crippen LogP contribution in [-0.2, 0) is 10.5 Å². The summed E-state index contributed by atoms with van der Waals surface area (Å²) in [7, 11) is 3.00. The van der Waals surface area contributed by atoms with Gasteiger partial charge in [0.2, 0.25) is 0 Å². The molecule has 0 bridgehead atoms. The van der Waals surface area contributed by atoms with Crippen molar-refractivity contribution in [1.82, 2.24) is 0 Å². The molecule has 1 unspecified atom stereocenters. The van der Waals surface area contributed by atoms with E-state index in [1.54, 1.807) is 12.1 Å². The molecule has 4 heteroatoms. The molecule has 0 radical (unpaired) electrons. The first-order chi connectivity index (χ1) is 8.85. The number of benzene rings is 1. The van der Waals surface area contributed by atoms with Gasteiger partial charge >= 0.3 is 0 Å². The van der Waals surface area contributed by atoms with E-state index in [0.717, 1.165) is 11.8 Å². The van der Waals surface area contributed by atoms with Crippen LogP contribution in [0.15, 0.2) is 12.1 Å². The van der Waals surface area contributed by atoms with E-state index >= 15 is 0 Å². The van der Waals surface area contributed by atoms with Gasteiger partial charge in [0.25, 0.3) is 0 Å². The molecule has 0 saturated carbocycles. The number of methoxy groups -OCH3 is 2. The molecule has 19 heavy (non-hydrogen) atoms. The smallest absolute Gasteiger partial charge is 0.167 e. The van der Waals surface area contributed by atoms with E-state index in [1.807, 2.05) is 6.92 Å². The molecule has 0 heterocycles. The zero-order valence-corrected chi connectivity index (χ0v) is 12.1. The van der Waals surface area contributed by atoms with Crippen LogP contribution >= 0.6 is 0 Å². The van der Waals surface area contributed by atoms with Crippen LogP contribution in [0, 0.1) is 0 Å². The van der Waals surface area contributed by atoms with Gasteiger partial charge in [0.15, 0.2) is 11.5 Å². The minimum Gasteiger partial charge on any atom is -0.493 e. The van der Waals surface area contributed by atoms with Crippen molar-refractivity contribution in [3.8, 4) is 11.5 Å². The summed E-state index contributed by atoms with van der Waals surface area (Å²) in [5, 5.41) is 0. The Balaban J connectivity index is 3.42. The quantitative estimate of drug-likeness (QED) is 0.739. The van der Waals surface area contributed by atoms with Gasteiger partial charge < -0.3 is 14.3 Å². The summed E-state index contributed by atoms with van der Waals surface area (Å²) < 4.78 is 24.8. The highest BCUT2D eigenvalue weighted by Gasteiger charge is 2.27. The SMILES string of the molecule is COc1cc(C(C)CC=O)cc(C(C)(C)F)c1OC. The molecule has 3 nitrogen and oxygen atoms in total. The third kappa shape index (κ3) is 3.46. The van der Waals surface area contributed by atoms with E-state index in [0.29, 0.717) is 23.5 Å². The molecule has 0 aliphatic carbocycles. The molecule has 0 spiro atoms. The predicted octanol–water partition coefficient (Wildman–Crippen LogP) is 3.60. The maximum absolute atomic E-state index is 14.3. The van der Waals surface area contributed by atoms with Crippen LogP contribution in [-0.4, -0.2) is 20.5 Å². The largest absolute Gasteiger partial charge is 0.493 e. The van der Waals surface area contributed by atoms with Gasteiger partial charge in [0.1, 0.15) is 12.0 Å². The van der Waals surface area contributed by atoms with Crippen LogP contribution in [0.4, 0.5) is 4.39 Å². The van der Waals surface area contributed by atoms with Crippen LogP contribution in [0.2, 0.25) is 0 Å². The number of alkyl halides is 1. The molecule has 0 aromatic heterocycles. The Morgan fingerprint density at radius 2 is 1.95 bits per heavy atom. The van der Waals surface area contributed by atoms with Gasteiger partial charge in [-0.25, -0.2) is 4.39 Å². The van der Waals surface area contributed by atoms with Gasteiger partial charge in [0.05, 0.1) is 14.2 Å². The molecule has 1 rings (SSSR count). The molecule has 0 aliphatic rings.